The van der Waals surface area contributed by atoms with Gasteiger partial charge in [0.2, 0.25) is 5.52 Å². The molecule has 31 heavy (non-hydrogen) atoms. The summed E-state index contributed by atoms with van der Waals surface area (Å²) in [6.45, 7) is 5.67. The van der Waals surface area contributed by atoms with E-state index in [-0.39, 0.29) is 24.4 Å². The first-order valence-electron chi connectivity index (χ1n) is 9.67. The third-order valence-electron chi connectivity index (χ3n) is 4.15. The van der Waals surface area contributed by atoms with E-state index in [4.69, 9.17) is 28.2 Å². The van der Waals surface area contributed by atoms with Crippen molar-refractivity contribution in [2.24, 2.45) is 0 Å². The number of rotatable bonds is 13. The molecule has 9 heteroatoms. The van der Waals surface area contributed by atoms with Gasteiger partial charge in [-0.1, -0.05) is 0 Å². The molecule has 1 unspecified atom stereocenters. The molecular formula is C22H29LiO7P. The normalized spacial score (nSPS) is 11.3. The van der Waals surface area contributed by atoms with Gasteiger partial charge in [0, 0.05) is 42.9 Å². The standard InChI is InChI=1S/C22H29O7P.Li/c1-6-27-12-13-29-30(18-10-8-16(9-11-18)28-7-2)22(23)21-19(25-4)14-17(24-3)15-20(21)26-5;/h8-11,14-15H,6-7,12-13H2,1-5H3;. The molecule has 0 spiro atoms. The molecule has 2 aromatic rings. The van der Waals surface area contributed by atoms with Crippen molar-refractivity contribution in [1.29, 1.82) is 0 Å². The molecule has 0 aliphatic heterocycles. The quantitative estimate of drug-likeness (QED) is 0.266. The second-order valence-corrected chi connectivity index (χ2v) is 7.73. The molecule has 2 aromatic carbocycles. The van der Waals surface area contributed by atoms with Crippen LogP contribution in [0.5, 0.6) is 23.0 Å². The van der Waals surface area contributed by atoms with E-state index in [1.807, 2.05) is 38.1 Å². The fraction of sp³-hybridized carbons (Fsp3) is 0.409. The second kappa shape index (κ2) is 14.3. The van der Waals surface area contributed by atoms with Gasteiger partial charge in [0.1, 0.15) is 36.7 Å². The summed E-state index contributed by atoms with van der Waals surface area (Å²) in [6.07, 6.45) is 0. The van der Waals surface area contributed by atoms with Crippen molar-refractivity contribution >= 4 is 37.8 Å². The zero-order chi connectivity index (χ0) is 21.9. The Labute approximate surface area is 197 Å². The summed E-state index contributed by atoms with van der Waals surface area (Å²) < 4.78 is 33.1. The maximum Gasteiger partial charge on any atom is 0.223 e. The van der Waals surface area contributed by atoms with Gasteiger partial charge in [0.25, 0.3) is 0 Å². The maximum atomic E-state index is 13.6. The smallest absolute Gasteiger partial charge is 0.223 e. The first-order valence-corrected chi connectivity index (χ1v) is 10.9. The van der Waals surface area contributed by atoms with E-state index < -0.39 is 8.15 Å². The van der Waals surface area contributed by atoms with Gasteiger partial charge in [-0.3, -0.25) is 4.79 Å². The summed E-state index contributed by atoms with van der Waals surface area (Å²) in [4.78, 5) is 13.6. The maximum absolute atomic E-state index is 13.6. The predicted molar refractivity (Wildman–Crippen MR) is 123 cm³/mol. The molecule has 0 bridgehead atoms. The molecule has 0 fully saturated rings. The minimum Gasteiger partial charge on any atom is -0.496 e. The van der Waals surface area contributed by atoms with Crippen LogP contribution in [0, 0.1) is 0 Å². The van der Waals surface area contributed by atoms with Crippen molar-refractivity contribution in [3.05, 3.63) is 42.0 Å². The Morgan fingerprint density at radius 2 is 1.45 bits per heavy atom. The molecule has 7 nitrogen and oxygen atoms in total. The van der Waals surface area contributed by atoms with Crippen LogP contribution in [-0.4, -0.2) is 72.1 Å². The number of carbonyl (C=O) groups excluding carboxylic acids is 1. The number of ether oxygens (including phenoxy) is 5. The zero-order valence-corrected chi connectivity index (χ0v) is 20.0. The molecule has 1 atom stereocenters. The molecule has 0 amide bonds. The van der Waals surface area contributed by atoms with Gasteiger partial charge >= 0.3 is 0 Å². The van der Waals surface area contributed by atoms with Crippen LogP contribution in [0.25, 0.3) is 0 Å². The monoisotopic (exact) mass is 443 g/mol. The largest absolute Gasteiger partial charge is 0.496 e. The molecule has 2 rings (SSSR count). The molecule has 0 aromatic heterocycles. The van der Waals surface area contributed by atoms with Crippen LogP contribution in [0.4, 0.5) is 0 Å². The Kier molecular flexibility index (Phi) is 12.6. The zero-order valence-electron chi connectivity index (χ0n) is 19.1. The Morgan fingerprint density at radius 1 is 0.839 bits per heavy atom. The number of methoxy groups -OCH3 is 3. The predicted octanol–water partition coefficient (Wildman–Crippen LogP) is 3.65. The van der Waals surface area contributed by atoms with Crippen molar-refractivity contribution < 1.29 is 33.0 Å². The van der Waals surface area contributed by atoms with E-state index in [1.165, 1.54) is 14.2 Å². The third-order valence-corrected chi connectivity index (χ3v) is 5.95. The van der Waals surface area contributed by atoms with Gasteiger partial charge in [0.05, 0.1) is 41.2 Å². The van der Waals surface area contributed by atoms with Gasteiger partial charge in [0.15, 0.2) is 0 Å². The number of carbonyl (C=O) groups is 1. The number of hydrogen-bond donors (Lipinski definition) is 0. The Morgan fingerprint density at radius 3 is 1.94 bits per heavy atom. The molecule has 0 aliphatic carbocycles. The summed E-state index contributed by atoms with van der Waals surface area (Å²) in [5.74, 6) is 1.99. The first-order chi connectivity index (χ1) is 14.6. The van der Waals surface area contributed by atoms with E-state index in [1.54, 1.807) is 19.2 Å². The summed E-state index contributed by atoms with van der Waals surface area (Å²) >= 11 is 0. The van der Waals surface area contributed by atoms with E-state index >= 15 is 0 Å². The Balaban J connectivity index is 0.00000480. The first kappa shape index (κ1) is 27.3. The summed E-state index contributed by atoms with van der Waals surface area (Å²) in [6, 6.07) is 10.7. The molecule has 0 heterocycles. The van der Waals surface area contributed by atoms with Gasteiger partial charge in [-0.05, 0) is 38.1 Å². The topological polar surface area (TPSA) is 72.5 Å². The molecule has 0 N–H and O–H groups in total. The average molecular weight is 443 g/mol. The minimum absolute atomic E-state index is 0. The van der Waals surface area contributed by atoms with E-state index in [0.717, 1.165) is 11.1 Å². The minimum atomic E-state index is -1.66. The van der Waals surface area contributed by atoms with Gasteiger partial charge < -0.3 is 28.2 Å². The van der Waals surface area contributed by atoms with Crippen molar-refractivity contribution in [2.45, 2.75) is 13.8 Å². The van der Waals surface area contributed by atoms with Crippen molar-refractivity contribution in [3.63, 3.8) is 0 Å². The van der Waals surface area contributed by atoms with E-state index in [9.17, 15) is 4.79 Å². The second-order valence-electron chi connectivity index (χ2n) is 5.96. The van der Waals surface area contributed by atoms with Crippen LogP contribution in [-0.2, 0) is 9.26 Å². The molecule has 0 saturated heterocycles. The molecular weight excluding hydrogens is 414 g/mol. The number of hydrogen-bond acceptors (Lipinski definition) is 7. The van der Waals surface area contributed by atoms with Crippen LogP contribution >= 0.6 is 8.15 Å². The summed E-state index contributed by atoms with van der Waals surface area (Å²) in [5.41, 5.74) is 0.0965. The van der Waals surface area contributed by atoms with Gasteiger partial charge in [-0.25, -0.2) is 0 Å². The Hall–Kier alpha value is -1.74. The SMILES string of the molecule is CCOCCOP(C(=O)c1c(OC)cc(OC)cc1OC)c1ccc(OCC)cc1.[Li]. The molecule has 0 aliphatic rings. The Bertz CT molecular complexity index is 789. The summed E-state index contributed by atoms with van der Waals surface area (Å²) in [5, 5.41) is 0.759. The fourth-order valence-corrected chi connectivity index (χ4v) is 4.35. The fourth-order valence-electron chi connectivity index (χ4n) is 2.74. The van der Waals surface area contributed by atoms with Crippen molar-refractivity contribution in [2.75, 3.05) is 47.8 Å². The number of benzene rings is 2. The van der Waals surface area contributed by atoms with E-state index in [2.05, 4.69) is 0 Å². The van der Waals surface area contributed by atoms with Crippen LogP contribution in [0.2, 0.25) is 0 Å². The van der Waals surface area contributed by atoms with Crippen LogP contribution in [0.1, 0.15) is 24.2 Å². The van der Waals surface area contributed by atoms with Gasteiger partial charge in [-0.15, -0.1) is 0 Å². The molecule has 1 radical (unpaired) electrons. The van der Waals surface area contributed by atoms with Crippen LogP contribution in [0.3, 0.4) is 0 Å². The third kappa shape index (κ3) is 7.42. The van der Waals surface area contributed by atoms with Crippen molar-refractivity contribution in [3.8, 4) is 23.0 Å². The van der Waals surface area contributed by atoms with Crippen LogP contribution < -0.4 is 24.3 Å². The van der Waals surface area contributed by atoms with Crippen LogP contribution in [0.15, 0.2) is 36.4 Å². The average Bonchev–Trinajstić information content (AvgIpc) is 2.78. The van der Waals surface area contributed by atoms with E-state index in [0.29, 0.717) is 49.2 Å². The summed E-state index contributed by atoms with van der Waals surface area (Å²) in [7, 11) is 2.88. The van der Waals surface area contributed by atoms with Crippen molar-refractivity contribution in [1.82, 2.24) is 0 Å². The van der Waals surface area contributed by atoms with Gasteiger partial charge in [-0.2, -0.15) is 0 Å². The molecule has 165 valence electrons. The molecule has 0 saturated carbocycles.